The molecule has 0 aliphatic carbocycles. The molecule has 0 bridgehead atoms. The number of halogens is 2. The third-order valence-electron chi connectivity index (χ3n) is 4.43. The first kappa shape index (κ1) is 14.8. The van der Waals surface area contributed by atoms with Crippen molar-refractivity contribution in [1.82, 2.24) is 4.90 Å². The summed E-state index contributed by atoms with van der Waals surface area (Å²) < 4.78 is 26.3. The van der Waals surface area contributed by atoms with Crippen molar-refractivity contribution in [3.63, 3.8) is 0 Å². The van der Waals surface area contributed by atoms with Gasteiger partial charge in [-0.05, 0) is 24.3 Å². The summed E-state index contributed by atoms with van der Waals surface area (Å²) in [5.74, 6) is -2.39. The maximum Gasteiger partial charge on any atom is 0.256 e. The molecule has 1 saturated heterocycles. The molecule has 1 heterocycles. The van der Waals surface area contributed by atoms with Gasteiger partial charge in [0.2, 0.25) is 0 Å². The molecule has 3 nitrogen and oxygen atoms in total. The summed E-state index contributed by atoms with van der Waals surface area (Å²) in [4.78, 5) is 14.0. The Balaban J connectivity index is 2.15. The van der Waals surface area contributed by atoms with Crippen molar-refractivity contribution >= 4 is 11.6 Å². The average molecular weight is 282 g/mol. The molecule has 0 radical (unpaired) electrons. The summed E-state index contributed by atoms with van der Waals surface area (Å²) in [6.45, 7) is 5.61. The molecule has 5 heteroatoms. The zero-order valence-corrected chi connectivity index (χ0v) is 11.9. The molecule has 0 aromatic heterocycles. The van der Waals surface area contributed by atoms with Gasteiger partial charge < -0.3 is 10.6 Å². The maximum absolute atomic E-state index is 13.3. The topological polar surface area (TPSA) is 46.3 Å². The molecule has 0 atom stereocenters. The summed E-state index contributed by atoms with van der Waals surface area (Å²) in [5.41, 5.74) is 5.91. The zero-order chi connectivity index (χ0) is 14.9. The lowest BCUT2D eigenvalue weighted by atomic mass is 9.78. The molecular weight excluding hydrogens is 262 g/mol. The van der Waals surface area contributed by atoms with Crippen molar-refractivity contribution in [3.05, 3.63) is 29.3 Å². The molecule has 1 aromatic carbocycles. The van der Waals surface area contributed by atoms with Crippen LogP contribution >= 0.6 is 0 Å². The Hall–Kier alpha value is -1.65. The highest BCUT2D eigenvalue weighted by Crippen LogP contribution is 2.34. The van der Waals surface area contributed by atoms with Crippen molar-refractivity contribution in [2.45, 2.75) is 33.1 Å². The number of rotatable bonds is 2. The lowest BCUT2D eigenvalue weighted by Gasteiger charge is -2.39. The molecule has 110 valence electrons. The Kier molecular flexibility index (Phi) is 3.97. The molecule has 1 aliphatic heterocycles. The van der Waals surface area contributed by atoms with E-state index < -0.39 is 11.6 Å². The smallest absolute Gasteiger partial charge is 0.256 e. The van der Waals surface area contributed by atoms with E-state index in [1.807, 2.05) is 0 Å². The van der Waals surface area contributed by atoms with E-state index in [0.717, 1.165) is 31.4 Å². The highest BCUT2D eigenvalue weighted by atomic mass is 19.2. The second kappa shape index (κ2) is 5.38. The Morgan fingerprint density at radius 1 is 1.30 bits per heavy atom. The first-order valence-electron chi connectivity index (χ1n) is 6.90. The fraction of sp³-hybridized carbons (Fsp3) is 0.533. The van der Waals surface area contributed by atoms with Gasteiger partial charge in [-0.1, -0.05) is 20.3 Å². The second-order valence-electron chi connectivity index (χ2n) is 5.81. The highest BCUT2D eigenvalue weighted by molar-refractivity contribution is 5.99. The summed E-state index contributed by atoms with van der Waals surface area (Å²) in [7, 11) is 0. The lowest BCUT2D eigenvalue weighted by Crippen LogP contribution is -2.42. The number of nitrogens with zero attached hydrogens (tertiary/aromatic N) is 1. The number of benzene rings is 1. The van der Waals surface area contributed by atoms with Crippen molar-refractivity contribution in [3.8, 4) is 0 Å². The van der Waals surface area contributed by atoms with Gasteiger partial charge in [-0.3, -0.25) is 4.79 Å². The minimum atomic E-state index is -1.04. The van der Waals surface area contributed by atoms with Crippen LogP contribution in [0.5, 0.6) is 0 Å². The number of nitrogens with two attached hydrogens (primary N) is 1. The number of piperidine rings is 1. The molecule has 0 spiro atoms. The Morgan fingerprint density at radius 3 is 2.40 bits per heavy atom. The minimum absolute atomic E-state index is 0.0160. The van der Waals surface area contributed by atoms with Crippen LogP contribution < -0.4 is 5.73 Å². The second-order valence-corrected chi connectivity index (χ2v) is 5.81. The van der Waals surface area contributed by atoms with Gasteiger partial charge in [0.1, 0.15) is 0 Å². The molecule has 0 unspecified atom stereocenters. The van der Waals surface area contributed by atoms with E-state index >= 15 is 0 Å². The zero-order valence-electron chi connectivity index (χ0n) is 11.9. The van der Waals surface area contributed by atoms with E-state index in [4.69, 9.17) is 5.73 Å². The first-order chi connectivity index (χ1) is 9.36. The predicted molar refractivity (Wildman–Crippen MR) is 74.3 cm³/mol. The van der Waals surface area contributed by atoms with Crippen LogP contribution in [0, 0.1) is 17.0 Å². The fourth-order valence-corrected chi connectivity index (χ4v) is 2.52. The number of nitrogen functional groups attached to an aromatic ring is 1. The van der Waals surface area contributed by atoms with Crippen molar-refractivity contribution < 1.29 is 13.6 Å². The molecule has 1 fully saturated rings. The van der Waals surface area contributed by atoms with Crippen LogP contribution in [0.1, 0.15) is 43.5 Å². The van der Waals surface area contributed by atoms with Gasteiger partial charge in [0.15, 0.2) is 11.6 Å². The molecule has 0 saturated carbocycles. The third-order valence-corrected chi connectivity index (χ3v) is 4.43. The Labute approximate surface area is 117 Å². The number of hydrogen-bond acceptors (Lipinski definition) is 2. The van der Waals surface area contributed by atoms with E-state index in [9.17, 15) is 13.6 Å². The van der Waals surface area contributed by atoms with E-state index in [2.05, 4.69) is 13.8 Å². The van der Waals surface area contributed by atoms with Crippen LogP contribution in [0.2, 0.25) is 0 Å². The Morgan fingerprint density at radius 2 is 1.85 bits per heavy atom. The van der Waals surface area contributed by atoms with Crippen molar-refractivity contribution in [2.75, 3.05) is 18.8 Å². The number of anilines is 1. The number of hydrogen-bond donors (Lipinski definition) is 1. The monoisotopic (exact) mass is 282 g/mol. The molecule has 2 N–H and O–H groups in total. The summed E-state index contributed by atoms with van der Waals surface area (Å²) >= 11 is 0. The molecule has 1 aromatic rings. The van der Waals surface area contributed by atoms with Gasteiger partial charge in [0.25, 0.3) is 5.91 Å². The molecule has 20 heavy (non-hydrogen) atoms. The van der Waals surface area contributed by atoms with Crippen LogP contribution in [0.4, 0.5) is 14.5 Å². The minimum Gasteiger partial charge on any atom is -0.398 e. The van der Waals surface area contributed by atoms with E-state index in [0.29, 0.717) is 13.1 Å². The van der Waals surface area contributed by atoms with Gasteiger partial charge in [0, 0.05) is 24.8 Å². The molecule has 1 aliphatic rings. The molecule has 1 amide bonds. The van der Waals surface area contributed by atoms with Crippen molar-refractivity contribution in [2.24, 2.45) is 5.41 Å². The van der Waals surface area contributed by atoms with Crippen molar-refractivity contribution in [1.29, 1.82) is 0 Å². The van der Waals surface area contributed by atoms with Crippen LogP contribution in [0.25, 0.3) is 0 Å². The van der Waals surface area contributed by atoms with Crippen LogP contribution in [0.3, 0.4) is 0 Å². The van der Waals surface area contributed by atoms with Gasteiger partial charge in [-0.2, -0.15) is 0 Å². The normalized spacial score (nSPS) is 18.1. The predicted octanol–water partition coefficient (Wildman–Crippen LogP) is 3.20. The fourth-order valence-electron chi connectivity index (χ4n) is 2.52. The summed E-state index contributed by atoms with van der Waals surface area (Å²) in [5, 5.41) is 0. The number of carbonyl (C=O) groups excluding carboxylic acids is 1. The molecule has 2 rings (SSSR count). The number of likely N-dealkylation sites (tertiary alicyclic amines) is 1. The number of amides is 1. The SMILES string of the molecule is CCC1(C)CCN(C(=O)c2cc(F)c(F)cc2N)CC1. The number of carbonyl (C=O) groups is 1. The first-order valence-corrected chi connectivity index (χ1v) is 6.90. The lowest BCUT2D eigenvalue weighted by molar-refractivity contribution is 0.0601. The highest BCUT2D eigenvalue weighted by Gasteiger charge is 2.31. The van der Waals surface area contributed by atoms with E-state index in [1.54, 1.807) is 4.90 Å². The third kappa shape index (κ3) is 2.76. The van der Waals surface area contributed by atoms with Crippen LogP contribution in [-0.2, 0) is 0 Å². The van der Waals surface area contributed by atoms with Crippen LogP contribution in [-0.4, -0.2) is 23.9 Å². The van der Waals surface area contributed by atoms with Gasteiger partial charge in [-0.25, -0.2) is 8.78 Å². The van der Waals surface area contributed by atoms with Crippen LogP contribution in [0.15, 0.2) is 12.1 Å². The average Bonchev–Trinajstić information content (AvgIpc) is 2.43. The standard InChI is InChI=1S/C15H20F2N2O/c1-3-15(2)4-6-19(7-5-15)14(20)10-8-11(16)12(17)9-13(10)18/h8-9H,3-7,18H2,1-2H3. The Bertz CT molecular complexity index is 523. The van der Waals surface area contributed by atoms with E-state index in [1.165, 1.54) is 0 Å². The van der Waals surface area contributed by atoms with E-state index in [-0.39, 0.29) is 22.6 Å². The molecular formula is C15H20F2N2O. The quantitative estimate of drug-likeness (QED) is 0.847. The van der Waals surface area contributed by atoms with Gasteiger partial charge >= 0.3 is 0 Å². The maximum atomic E-state index is 13.3. The largest absolute Gasteiger partial charge is 0.398 e. The summed E-state index contributed by atoms with van der Waals surface area (Å²) in [6, 6.07) is 1.75. The van der Waals surface area contributed by atoms with Gasteiger partial charge in [-0.15, -0.1) is 0 Å². The van der Waals surface area contributed by atoms with Gasteiger partial charge in [0.05, 0.1) is 5.56 Å². The summed E-state index contributed by atoms with van der Waals surface area (Å²) in [6.07, 6.45) is 2.90.